The van der Waals surface area contributed by atoms with E-state index in [0.717, 1.165) is 50.2 Å². The second kappa shape index (κ2) is 6.01. The maximum absolute atomic E-state index is 14.6. The van der Waals surface area contributed by atoms with Crippen molar-refractivity contribution < 1.29 is 18.7 Å². The number of piperidine rings is 1. The third-order valence-corrected chi connectivity index (χ3v) is 6.04. The molecule has 0 amide bonds. The number of nitrogens with zero attached hydrogens (tertiary/aromatic N) is 2. The summed E-state index contributed by atoms with van der Waals surface area (Å²) in [4.78, 5) is 25.9. The number of rotatable bonds is 3. The van der Waals surface area contributed by atoms with Gasteiger partial charge in [0.15, 0.2) is 0 Å². The molecule has 5 nitrogen and oxygen atoms in total. The van der Waals surface area contributed by atoms with Crippen molar-refractivity contribution in [3.63, 3.8) is 0 Å². The Balaban J connectivity index is 1.98. The van der Waals surface area contributed by atoms with E-state index in [0.29, 0.717) is 11.2 Å². The molecule has 1 N–H and O–H groups in total. The van der Waals surface area contributed by atoms with Crippen molar-refractivity contribution in [3.8, 4) is 0 Å². The smallest absolute Gasteiger partial charge is 0.342 e. The second-order valence-electron chi connectivity index (χ2n) is 6.28. The molecule has 0 saturated carbocycles. The maximum atomic E-state index is 14.6. The Labute approximate surface area is 146 Å². The lowest BCUT2D eigenvalue weighted by Gasteiger charge is -2.34. The van der Waals surface area contributed by atoms with Gasteiger partial charge in [0.1, 0.15) is 23.4 Å². The van der Waals surface area contributed by atoms with Gasteiger partial charge in [0.25, 0.3) is 0 Å². The largest absolute Gasteiger partial charge is 0.477 e. The zero-order valence-electron chi connectivity index (χ0n) is 13.3. The van der Waals surface area contributed by atoms with E-state index in [9.17, 15) is 23.5 Å². The number of carboxylic acid groups (broad SMARTS) is 1. The van der Waals surface area contributed by atoms with Crippen LogP contribution in [-0.4, -0.2) is 35.4 Å². The van der Waals surface area contributed by atoms with E-state index >= 15 is 0 Å². The molecule has 1 aromatic heterocycles. The number of alkyl halides is 1. The van der Waals surface area contributed by atoms with Gasteiger partial charge in [-0.1, -0.05) is 11.8 Å². The third kappa shape index (κ3) is 2.42. The zero-order chi connectivity index (χ0) is 17.7. The molecule has 1 aromatic carbocycles. The molecule has 1 saturated heterocycles. The number of aromatic carboxylic acids is 1. The summed E-state index contributed by atoms with van der Waals surface area (Å²) in [5, 5.41) is 8.97. The van der Waals surface area contributed by atoms with Gasteiger partial charge in [0.2, 0.25) is 5.43 Å². The van der Waals surface area contributed by atoms with Crippen molar-refractivity contribution >= 4 is 34.3 Å². The highest BCUT2D eigenvalue weighted by atomic mass is 32.2. The van der Waals surface area contributed by atoms with Crippen LogP contribution in [0.1, 0.15) is 35.0 Å². The molecule has 2 aliphatic heterocycles. The monoisotopic (exact) mass is 366 g/mol. The first kappa shape index (κ1) is 16.4. The molecule has 1 atom stereocenters. The number of fused-ring (bicyclic) bond motifs is 3. The number of anilines is 1. The molecular weight excluding hydrogens is 350 g/mol. The lowest BCUT2D eigenvalue weighted by Crippen LogP contribution is -2.32. The first-order valence-electron chi connectivity index (χ1n) is 8.15. The minimum Gasteiger partial charge on any atom is -0.477 e. The molecule has 2 aromatic rings. The number of hydrogen-bond acceptors (Lipinski definition) is 4. The summed E-state index contributed by atoms with van der Waals surface area (Å²) < 4.78 is 29.4. The summed E-state index contributed by atoms with van der Waals surface area (Å²) in [5.41, 5.74) is -0.345. The van der Waals surface area contributed by atoms with Crippen LogP contribution in [0.3, 0.4) is 0 Å². The fourth-order valence-corrected chi connectivity index (χ4v) is 4.72. The number of pyridine rings is 1. The molecule has 8 heteroatoms. The van der Waals surface area contributed by atoms with Crippen molar-refractivity contribution in [3.05, 3.63) is 33.7 Å². The predicted molar refractivity (Wildman–Crippen MR) is 92.1 cm³/mol. The summed E-state index contributed by atoms with van der Waals surface area (Å²) in [6.45, 7) is 0.771. The van der Waals surface area contributed by atoms with Gasteiger partial charge in [0, 0.05) is 18.5 Å². The van der Waals surface area contributed by atoms with Crippen molar-refractivity contribution in [1.29, 1.82) is 0 Å². The number of thioether (sulfide) groups is 1. The Hall–Kier alpha value is -2.09. The summed E-state index contributed by atoms with van der Waals surface area (Å²) in [7, 11) is 0. The van der Waals surface area contributed by atoms with Gasteiger partial charge in [-0.2, -0.15) is 0 Å². The Kier molecular flexibility index (Phi) is 3.94. The van der Waals surface area contributed by atoms with Crippen LogP contribution in [0.15, 0.2) is 22.0 Å². The van der Waals surface area contributed by atoms with Crippen LogP contribution in [0.5, 0.6) is 0 Å². The van der Waals surface area contributed by atoms with Crippen LogP contribution < -0.4 is 10.3 Å². The van der Waals surface area contributed by atoms with Crippen LogP contribution >= 0.6 is 11.8 Å². The topological polar surface area (TPSA) is 62.5 Å². The van der Waals surface area contributed by atoms with Gasteiger partial charge in [-0.15, -0.1) is 0 Å². The quantitative estimate of drug-likeness (QED) is 0.902. The molecule has 0 radical (unpaired) electrons. The second-order valence-corrected chi connectivity index (χ2v) is 7.45. The average Bonchev–Trinajstić information content (AvgIpc) is 2.58. The molecule has 0 aliphatic carbocycles. The van der Waals surface area contributed by atoms with E-state index < -0.39 is 34.8 Å². The molecule has 0 spiro atoms. The van der Waals surface area contributed by atoms with Crippen LogP contribution in [-0.2, 0) is 0 Å². The molecule has 2 aliphatic rings. The normalized spacial score (nSPS) is 19.6. The molecule has 25 heavy (non-hydrogen) atoms. The minimum absolute atomic E-state index is 0.0156. The van der Waals surface area contributed by atoms with Gasteiger partial charge in [-0.3, -0.25) is 4.79 Å². The predicted octanol–water partition coefficient (Wildman–Crippen LogP) is 3.40. The molecule has 1 fully saturated rings. The van der Waals surface area contributed by atoms with Crippen molar-refractivity contribution in [2.45, 2.75) is 29.7 Å². The molecular formula is C17H16F2N2O3S. The van der Waals surface area contributed by atoms with Crippen LogP contribution in [0.4, 0.5) is 14.5 Å². The fourth-order valence-electron chi connectivity index (χ4n) is 3.59. The number of carbonyl (C=O) groups is 1. The van der Waals surface area contributed by atoms with Gasteiger partial charge in [0.05, 0.1) is 16.2 Å². The Morgan fingerprint density at radius 3 is 2.64 bits per heavy atom. The van der Waals surface area contributed by atoms with Crippen LogP contribution in [0, 0.1) is 5.82 Å². The summed E-state index contributed by atoms with van der Waals surface area (Å²) >= 11 is 1.03. The Bertz CT molecular complexity index is 938. The zero-order valence-corrected chi connectivity index (χ0v) is 14.1. The number of aromatic nitrogens is 1. The van der Waals surface area contributed by atoms with E-state index in [2.05, 4.69) is 0 Å². The number of benzene rings is 1. The maximum Gasteiger partial charge on any atom is 0.342 e. The van der Waals surface area contributed by atoms with E-state index in [1.807, 2.05) is 4.90 Å². The summed E-state index contributed by atoms with van der Waals surface area (Å²) in [5.74, 6) is -1.92. The van der Waals surface area contributed by atoms with Crippen molar-refractivity contribution in [2.75, 3.05) is 24.7 Å². The minimum atomic E-state index is -1.37. The van der Waals surface area contributed by atoms with Gasteiger partial charge in [-0.25, -0.2) is 13.6 Å². The highest BCUT2D eigenvalue weighted by molar-refractivity contribution is 8.00. The van der Waals surface area contributed by atoms with Crippen LogP contribution in [0.2, 0.25) is 0 Å². The molecule has 0 bridgehead atoms. The fraction of sp³-hybridized carbons (Fsp3) is 0.412. The Morgan fingerprint density at radius 1 is 1.28 bits per heavy atom. The summed E-state index contributed by atoms with van der Waals surface area (Å²) in [6.07, 6.45) is 3.04. The van der Waals surface area contributed by atoms with Gasteiger partial charge < -0.3 is 14.6 Å². The molecule has 132 valence electrons. The number of halogens is 2. The van der Waals surface area contributed by atoms with Crippen molar-refractivity contribution in [2.24, 2.45) is 0 Å². The lowest BCUT2D eigenvalue weighted by atomic mass is 10.1. The molecule has 3 heterocycles. The Morgan fingerprint density at radius 2 is 2.00 bits per heavy atom. The van der Waals surface area contributed by atoms with E-state index in [-0.39, 0.29) is 10.4 Å². The van der Waals surface area contributed by atoms with E-state index in [1.54, 1.807) is 6.07 Å². The number of hydrogen-bond donors (Lipinski definition) is 1. The lowest BCUT2D eigenvalue weighted by molar-refractivity contribution is 0.0689. The van der Waals surface area contributed by atoms with Gasteiger partial charge in [-0.05, 0) is 31.4 Å². The van der Waals surface area contributed by atoms with Gasteiger partial charge >= 0.3 is 5.97 Å². The number of carboxylic acids is 1. The van der Waals surface area contributed by atoms with Crippen molar-refractivity contribution in [1.82, 2.24) is 4.57 Å². The third-order valence-electron chi connectivity index (χ3n) is 4.81. The first-order valence-corrected chi connectivity index (χ1v) is 9.03. The van der Waals surface area contributed by atoms with Crippen LogP contribution in [0.25, 0.3) is 10.9 Å². The summed E-state index contributed by atoms with van der Waals surface area (Å²) in [6, 6.07) is 2.66. The average molecular weight is 366 g/mol. The SMILES string of the molecule is O=C(O)c1c2n(c3cc(N4CCCCC4)c(F)cc3c1=O)C(CF)S2. The first-order chi connectivity index (χ1) is 12.0. The standard InChI is InChI=1S/C17H16F2N2O3S/c18-8-13-21-11-7-12(20-4-2-1-3-5-20)10(19)6-9(11)15(22)14(17(23)24)16(21)25-13/h6-7,13H,1-5,8H2,(H,23,24). The molecule has 4 rings (SSSR count). The van der Waals surface area contributed by atoms with E-state index in [4.69, 9.17) is 0 Å². The highest BCUT2D eigenvalue weighted by Gasteiger charge is 2.35. The highest BCUT2D eigenvalue weighted by Crippen LogP contribution is 2.47. The van der Waals surface area contributed by atoms with E-state index in [1.165, 1.54) is 4.57 Å². The molecule has 1 unspecified atom stereocenters.